The third-order valence-corrected chi connectivity index (χ3v) is 6.36. The summed E-state index contributed by atoms with van der Waals surface area (Å²) in [6.07, 6.45) is 2.58. The average Bonchev–Trinajstić information content (AvgIpc) is 2.80. The lowest BCUT2D eigenvalue weighted by Gasteiger charge is -2.31. The van der Waals surface area contributed by atoms with Crippen molar-refractivity contribution >= 4 is 11.4 Å². The normalized spacial score (nSPS) is 21.6. The summed E-state index contributed by atoms with van der Waals surface area (Å²) in [6.45, 7) is 3.73. The van der Waals surface area contributed by atoms with E-state index in [1.54, 1.807) is 6.20 Å². The quantitative estimate of drug-likeness (QED) is 0.497. The van der Waals surface area contributed by atoms with E-state index < -0.39 is 22.4 Å². The average molecular weight is 464 g/mol. The van der Waals surface area contributed by atoms with E-state index in [4.69, 9.17) is 4.74 Å². The summed E-state index contributed by atoms with van der Waals surface area (Å²) < 4.78 is 45.9. The van der Waals surface area contributed by atoms with Crippen LogP contribution >= 0.6 is 0 Å². The van der Waals surface area contributed by atoms with Gasteiger partial charge in [-0.3, -0.25) is 15.1 Å². The van der Waals surface area contributed by atoms with Crippen LogP contribution in [0.15, 0.2) is 36.7 Å². The predicted octanol–water partition coefficient (Wildman–Crippen LogP) is 4.60. The first-order chi connectivity index (χ1) is 15.8. The van der Waals surface area contributed by atoms with Crippen molar-refractivity contribution in [1.29, 1.82) is 0 Å². The minimum Gasteiger partial charge on any atom is -0.489 e. The second kappa shape index (κ2) is 9.94. The molecule has 0 radical (unpaired) electrons. The van der Waals surface area contributed by atoms with Crippen molar-refractivity contribution in [1.82, 2.24) is 10.3 Å². The zero-order chi connectivity index (χ0) is 23.4. The molecule has 33 heavy (non-hydrogen) atoms. The van der Waals surface area contributed by atoms with E-state index in [0.29, 0.717) is 12.0 Å². The summed E-state index contributed by atoms with van der Waals surface area (Å²) >= 11 is 0. The number of nitro groups is 1. The van der Waals surface area contributed by atoms with Crippen molar-refractivity contribution in [2.45, 2.75) is 44.4 Å². The van der Waals surface area contributed by atoms with Gasteiger partial charge >= 0.3 is 6.18 Å². The molecule has 7 nitrogen and oxygen atoms in total. The first-order valence-electron chi connectivity index (χ1n) is 11.2. The third-order valence-electron chi connectivity index (χ3n) is 6.36. The highest BCUT2D eigenvalue weighted by Crippen LogP contribution is 2.38. The van der Waals surface area contributed by atoms with Crippen LogP contribution in [0.5, 0.6) is 5.75 Å². The zero-order valence-corrected chi connectivity index (χ0v) is 18.2. The predicted molar refractivity (Wildman–Crippen MR) is 117 cm³/mol. The van der Waals surface area contributed by atoms with Crippen molar-refractivity contribution in [2.24, 2.45) is 5.92 Å². The molecule has 1 aliphatic carbocycles. The summed E-state index contributed by atoms with van der Waals surface area (Å²) in [5.41, 5.74) is -0.564. The molecule has 0 atom stereocenters. The van der Waals surface area contributed by atoms with Crippen LogP contribution < -0.4 is 15.0 Å². The molecular weight excluding hydrogens is 437 g/mol. The maximum atomic E-state index is 13.2. The third kappa shape index (κ3) is 5.93. The Morgan fingerprint density at radius 3 is 2.52 bits per heavy atom. The van der Waals surface area contributed by atoms with Crippen molar-refractivity contribution in [3.8, 4) is 5.75 Å². The highest BCUT2D eigenvalue weighted by molar-refractivity contribution is 5.48. The van der Waals surface area contributed by atoms with Gasteiger partial charge in [0, 0.05) is 38.3 Å². The van der Waals surface area contributed by atoms with Crippen LogP contribution in [0.3, 0.4) is 0 Å². The smallest absolute Gasteiger partial charge is 0.423 e. The van der Waals surface area contributed by atoms with E-state index in [-0.39, 0.29) is 12.0 Å². The number of pyridine rings is 1. The molecule has 1 aromatic heterocycles. The van der Waals surface area contributed by atoms with E-state index in [1.165, 1.54) is 6.07 Å². The molecule has 0 bridgehead atoms. The van der Waals surface area contributed by atoms with Crippen molar-refractivity contribution < 1.29 is 22.8 Å². The number of halogens is 3. The molecule has 2 fully saturated rings. The Morgan fingerprint density at radius 1 is 1.12 bits per heavy atom. The van der Waals surface area contributed by atoms with Crippen LogP contribution in [0.4, 0.5) is 24.5 Å². The van der Waals surface area contributed by atoms with Gasteiger partial charge in [-0.05, 0) is 49.7 Å². The molecule has 1 N–H and O–H groups in total. The van der Waals surface area contributed by atoms with Gasteiger partial charge < -0.3 is 15.0 Å². The lowest BCUT2D eigenvalue weighted by atomic mass is 9.83. The Morgan fingerprint density at radius 2 is 1.85 bits per heavy atom. The Labute approximate surface area is 190 Å². The van der Waals surface area contributed by atoms with Gasteiger partial charge in [-0.25, -0.2) is 0 Å². The van der Waals surface area contributed by atoms with Crippen molar-refractivity contribution in [3.05, 3.63) is 57.9 Å². The van der Waals surface area contributed by atoms with E-state index in [2.05, 4.69) is 15.2 Å². The summed E-state index contributed by atoms with van der Waals surface area (Å²) in [6, 6.07) is 5.34. The highest BCUT2D eigenvalue weighted by Gasteiger charge is 2.38. The molecule has 2 aromatic rings. The molecule has 1 aliphatic heterocycles. The van der Waals surface area contributed by atoms with Gasteiger partial charge in [0.2, 0.25) is 0 Å². The molecule has 0 spiro atoms. The summed E-state index contributed by atoms with van der Waals surface area (Å²) in [7, 11) is 0. The number of nitrogens with zero attached hydrogens (tertiary/aromatic N) is 3. The molecule has 178 valence electrons. The second-order valence-electron chi connectivity index (χ2n) is 8.69. The summed E-state index contributed by atoms with van der Waals surface area (Å²) in [5, 5.41) is 14.3. The number of hydrogen-bond acceptors (Lipinski definition) is 6. The van der Waals surface area contributed by atoms with Crippen LogP contribution in [-0.4, -0.2) is 42.2 Å². The molecule has 0 amide bonds. The van der Waals surface area contributed by atoms with E-state index in [1.807, 2.05) is 12.3 Å². The summed E-state index contributed by atoms with van der Waals surface area (Å²) in [4.78, 5) is 16.6. The molecule has 2 heterocycles. The number of aromatic nitrogens is 1. The lowest BCUT2D eigenvalue weighted by Crippen LogP contribution is -2.43. The van der Waals surface area contributed by atoms with Crippen LogP contribution in [0.1, 0.15) is 36.8 Å². The number of hydrogen-bond donors (Lipinski definition) is 1. The Bertz CT molecular complexity index is 972. The standard InChI is InChI=1S/C23H27F3N4O3/c24-23(25,26)21-12-17(3-6-22(21)30(31)32)11-16-1-4-19(5-2-16)33-20-13-18(14-28-15-20)29-9-7-27-8-10-29/h3,6,12-16,19,27H,1-2,4-5,7-11H2. The number of nitrogens with one attached hydrogen (secondary N) is 1. The number of alkyl halides is 3. The molecule has 10 heteroatoms. The molecule has 2 aliphatic rings. The van der Waals surface area contributed by atoms with Crippen molar-refractivity contribution in [3.63, 3.8) is 0 Å². The first kappa shape index (κ1) is 23.3. The Hall–Kier alpha value is -2.88. The minimum absolute atomic E-state index is 0.0453. The number of benzene rings is 1. The Balaban J connectivity index is 1.33. The Kier molecular flexibility index (Phi) is 7.02. The van der Waals surface area contributed by atoms with Gasteiger partial charge in [-0.2, -0.15) is 13.2 Å². The van der Waals surface area contributed by atoms with Gasteiger partial charge in [0.25, 0.3) is 5.69 Å². The SMILES string of the molecule is O=[N+]([O-])c1ccc(CC2CCC(Oc3cncc(N4CCNCC4)c3)CC2)cc1C(F)(F)F. The number of nitro benzene ring substituents is 1. The van der Waals surface area contributed by atoms with E-state index in [0.717, 1.165) is 75.4 Å². The molecule has 1 saturated heterocycles. The molecule has 1 saturated carbocycles. The van der Waals surface area contributed by atoms with E-state index >= 15 is 0 Å². The fraction of sp³-hybridized carbons (Fsp3) is 0.522. The maximum Gasteiger partial charge on any atom is 0.423 e. The van der Waals surface area contributed by atoms with E-state index in [9.17, 15) is 23.3 Å². The highest BCUT2D eigenvalue weighted by atomic mass is 19.4. The molecule has 1 aromatic carbocycles. The molecule has 4 rings (SSSR count). The van der Waals surface area contributed by atoms with Crippen molar-refractivity contribution in [2.75, 3.05) is 31.1 Å². The van der Waals surface area contributed by atoms with Crippen LogP contribution in [-0.2, 0) is 12.6 Å². The largest absolute Gasteiger partial charge is 0.489 e. The van der Waals surface area contributed by atoms with Gasteiger partial charge in [-0.1, -0.05) is 6.07 Å². The van der Waals surface area contributed by atoms with Crippen LogP contribution in [0.25, 0.3) is 0 Å². The second-order valence-corrected chi connectivity index (χ2v) is 8.69. The number of rotatable bonds is 6. The number of anilines is 1. The minimum atomic E-state index is -4.75. The zero-order valence-electron chi connectivity index (χ0n) is 18.2. The fourth-order valence-electron chi connectivity index (χ4n) is 4.64. The lowest BCUT2D eigenvalue weighted by molar-refractivity contribution is -0.388. The van der Waals surface area contributed by atoms with Crippen LogP contribution in [0, 0.1) is 16.0 Å². The fourth-order valence-corrected chi connectivity index (χ4v) is 4.64. The topological polar surface area (TPSA) is 80.5 Å². The molecule has 0 unspecified atom stereocenters. The first-order valence-corrected chi connectivity index (χ1v) is 11.2. The number of piperazine rings is 1. The van der Waals surface area contributed by atoms with Gasteiger partial charge in [-0.15, -0.1) is 0 Å². The van der Waals surface area contributed by atoms with Gasteiger partial charge in [0.15, 0.2) is 0 Å². The van der Waals surface area contributed by atoms with Gasteiger partial charge in [0.05, 0.1) is 29.1 Å². The monoisotopic (exact) mass is 464 g/mol. The maximum absolute atomic E-state index is 13.2. The van der Waals surface area contributed by atoms with Crippen LogP contribution in [0.2, 0.25) is 0 Å². The van der Waals surface area contributed by atoms with Gasteiger partial charge in [0.1, 0.15) is 11.3 Å². The number of ether oxygens (including phenoxy) is 1. The summed E-state index contributed by atoms with van der Waals surface area (Å²) in [5.74, 6) is 0.956. The molecular formula is C23H27F3N4O3.